The molecule has 0 spiro atoms. The van der Waals surface area contributed by atoms with Crippen molar-refractivity contribution in [2.75, 3.05) is 26.9 Å². The van der Waals surface area contributed by atoms with Crippen LogP contribution in [-0.2, 0) is 16.0 Å². The molecule has 0 radical (unpaired) electrons. The van der Waals surface area contributed by atoms with Gasteiger partial charge in [0.1, 0.15) is 19.3 Å². The van der Waals surface area contributed by atoms with E-state index in [1.165, 1.54) is 7.11 Å². The minimum Gasteiger partial charge on any atom is -0.486 e. The van der Waals surface area contributed by atoms with E-state index in [2.05, 4.69) is 5.32 Å². The van der Waals surface area contributed by atoms with E-state index in [0.29, 0.717) is 19.8 Å². The first-order chi connectivity index (χ1) is 9.20. The number of hydrogen-bond acceptors (Lipinski definition) is 4. The topological polar surface area (TPSA) is 56.8 Å². The Labute approximate surface area is 112 Å². The third-order valence-corrected chi connectivity index (χ3v) is 3.04. The second-order valence-corrected chi connectivity index (χ2v) is 4.40. The molecule has 0 saturated carbocycles. The van der Waals surface area contributed by atoms with Crippen LogP contribution < -0.4 is 14.8 Å². The number of nitrogens with one attached hydrogen (secondary N) is 1. The molecule has 0 fully saturated rings. The van der Waals surface area contributed by atoms with E-state index in [1.54, 1.807) is 6.92 Å². The number of carbonyl (C=O) groups excluding carboxylic acids is 1. The Balaban J connectivity index is 1.85. The first-order valence-electron chi connectivity index (χ1n) is 6.39. The second-order valence-electron chi connectivity index (χ2n) is 4.40. The van der Waals surface area contributed by atoms with E-state index in [-0.39, 0.29) is 5.91 Å². The van der Waals surface area contributed by atoms with E-state index in [1.807, 2.05) is 18.2 Å². The third kappa shape index (κ3) is 3.61. The third-order valence-electron chi connectivity index (χ3n) is 3.04. The van der Waals surface area contributed by atoms with Crippen molar-refractivity contribution < 1.29 is 19.0 Å². The highest BCUT2D eigenvalue weighted by Crippen LogP contribution is 2.30. The summed E-state index contributed by atoms with van der Waals surface area (Å²) in [6.07, 6.45) is 0.332. The number of hydrogen-bond donors (Lipinski definition) is 1. The summed E-state index contributed by atoms with van der Waals surface area (Å²) >= 11 is 0. The molecule has 1 unspecified atom stereocenters. The Morgan fingerprint density at radius 1 is 1.37 bits per heavy atom. The summed E-state index contributed by atoms with van der Waals surface area (Å²) in [5.41, 5.74) is 1.11. The molecule has 1 atom stereocenters. The molecular formula is C14H19NO4. The van der Waals surface area contributed by atoms with E-state index in [0.717, 1.165) is 23.5 Å². The fourth-order valence-corrected chi connectivity index (χ4v) is 1.82. The summed E-state index contributed by atoms with van der Waals surface area (Å²) in [5, 5.41) is 2.83. The van der Waals surface area contributed by atoms with Gasteiger partial charge in [-0.05, 0) is 31.0 Å². The summed E-state index contributed by atoms with van der Waals surface area (Å²) < 4.78 is 15.9. The average Bonchev–Trinajstić information content (AvgIpc) is 2.46. The molecule has 5 heteroatoms. The number of ether oxygens (including phenoxy) is 3. The van der Waals surface area contributed by atoms with Crippen LogP contribution in [0.4, 0.5) is 0 Å². The molecule has 0 aliphatic carbocycles. The number of methoxy groups -OCH3 is 1. The van der Waals surface area contributed by atoms with Crippen molar-refractivity contribution in [1.29, 1.82) is 0 Å². The van der Waals surface area contributed by atoms with Crippen molar-refractivity contribution in [2.24, 2.45) is 0 Å². The smallest absolute Gasteiger partial charge is 0.248 e. The minimum atomic E-state index is -0.416. The predicted molar refractivity (Wildman–Crippen MR) is 70.6 cm³/mol. The largest absolute Gasteiger partial charge is 0.486 e. The number of fused-ring (bicyclic) bond motifs is 1. The molecule has 1 amide bonds. The average molecular weight is 265 g/mol. The van der Waals surface area contributed by atoms with E-state index < -0.39 is 6.10 Å². The van der Waals surface area contributed by atoms with Crippen LogP contribution in [0.3, 0.4) is 0 Å². The lowest BCUT2D eigenvalue weighted by atomic mass is 10.1. The Bertz CT molecular complexity index is 447. The molecule has 1 aromatic rings. The summed E-state index contributed by atoms with van der Waals surface area (Å²) in [6, 6.07) is 5.85. The SMILES string of the molecule is COC(C)C(=O)NCCc1ccc2c(c1)OCCO2. The highest BCUT2D eigenvalue weighted by atomic mass is 16.6. The molecule has 0 bridgehead atoms. The van der Waals surface area contributed by atoms with E-state index in [4.69, 9.17) is 14.2 Å². The van der Waals surface area contributed by atoms with Gasteiger partial charge in [0.25, 0.3) is 0 Å². The minimum absolute atomic E-state index is 0.0972. The van der Waals surface area contributed by atoms with Crippen LogP contribution in [-0.4, -0.2) is 38.9 Å². The van der Waals surface area contributed by atoms with Crippen molar-refractivity contribution >= 4 is 5.91 Å². The van der Waals surface area contributed by atoms with Crippen molar-refractivity contribution in [2.45, 2.75) is 19.4 Å². The van der Waals surface area contributed by atoms with Crippen LogP contribution in [0.15, 0.2) is 18.2 Å². The van der Waals surface area contributed by atoms with Crippen LogP contribution in [0.25, 0.3) is 0 Å². The fourth-order valence-electron chi connectivity index (χ4n) is 1.82. The van der Waals surface area contributed by atoms with Gasteiger partial charge in [-0.2, -0.15) is 0 Å². The number of carbonyl (C=O) groups is 1. The Kier molecular flexibility index (Phi) is 4.63. The first-order valence-corrected chi connectivity index (χ1v) is 6.39. The zero-order valence-corrected chi connectivity index (χ0v) is 11.3. The van der Waals surface area contributed by atoms with Gasteiger partial charge in [0.2, 0.25) is 5.91 Å². The lowest BCUT2D eigenvalue weighted by molar-refractivity contribution is -0.129. The Morgan fingerprint density at radius 3 is 2.84 bits per heavy atom. The van der Waals surface area contributed by atoms with Gasteiger partial charge < -0.3 is 19.5 Å². The predicted octanol–water partition coefficient (Wildman–Crippen LogP) is 1.15. The Hall–Kier alpha value is -1.75. The van der Waals surface area contributed by atoms with Gasteiger partial charge in [-0.3, -0.25) is 4.79 Å². The summed E-state index contributed by atoms with van der Waals surface area (Å²) in [5.74, 6) is 1.47. The molecule has 0 aromatic heterocycles. The lowest BCUT2D eigenvalue weighted by Crippen LogP contribution is -2.35. The summed E-state index contributed by atoms with van der Waals surface area (Å²) in [6.45, 7) is 3.47. The maximum absolute atomic E-state index is 11.5. The number of benzene rings is 1. The molecule has 5 nitrogen and oxygen atoms in total. The maximum atomic E-state index is 11.5. The molecule has 19 heavy (non-hydrogen) atoms. The van der Waals surface area contributed by atoms with Crippen LogP contribution in [0.1, 0.15) is 12.5 Å². The van der Waals surface area contributed by atoms with Gasteiger partial charge in [0.05, 0.1) is 0 Å². The maximum Gasteiger partial charge on any atom is 0.248 e. The first kappa shape index (κ1) is 13.7. The monoisotopic (exact) mass is 265 g/mol. The van der Waals surface area contributed by atoms with Gasteiger partial charge >= 0.3 is 0 Å². The van der Waals surface area contributed by atoms with Gasteiger partial charge in [-0.15, -0.1) is 0 Å². The van der Waals surface area contributed by atoms with Gasteiger partial charge in [0.15, 0.2) is 11.5 Å². The fraction of sp³-hybridized carbons (Fsp3) is 0.500. The van der Waals surface area contributed by atoms with Crippen molar-refractivity contribution in [3.05, 3.63) is 23.8 Å². The van der Waals surface area contributed by atoms with Crippen LogP contribution >= 0.6 is 0 Å². The Morgan fingerprint density at radius 2 is 2.11 bits per heavy atom. The molecule has 1 N–H and O–H groups in total. The second kappa shape index (κ2) is 6.43. The standard InChI is InChI=1S/C14H19NO4/c1-10(17-2)14(16)15-6-5-11-3-4-12-13(9-11)19-8-7-18-12/h3-4,9-10H,5-8H2,1-2H3,(H,15,16). The molecular weight excluding hydrogens is 246 g/mol. The highest BCUT2D eigenvalue weighted by Gasteiger charge is 2.13. The van der Waals surface area contributed by atoms with Crippen molar-refractivity contribution in [3.8, 4) is 11.5 Å². The highest BCUT2D eigenvalue weighted by molar-refractivity contribution is 5.80. The van der Waals surface area contributed by atoms with Gasteiger partial charge in [-0.1, -0.05) is 6.07 Å². The van der Waals surface area contributed by atoms with Crippen LogP contribution in [0.5, 0.6) is 11.5 Å². The quantitative estimate of drug-likeness (QED) is 0.867. The van der Waals surface area contributed by atoms with Crippen molar-refractivity contribution in [1.82, 2.24) is 5.32 Å². The van der Waals surface area contributed by atoms with Gasteiger partial charge in [-0.25, -0.2) is 0 Å². The summed E-state index contributed by atoms with van der Waals surface area (Å²) in [7, 11) is 1.52. The molecule has 1 aliphatic rings. The van der Waals surface area contributed by atoms with Crippen LogP contribution in [0, 0.1) is 0 Å². The normalized spacial score (nSPS) is 14.8. The van der Waals surface area contributed by atoms with Crippen molar-refractivity contribution in [3.63, 3.8) is 0 Å². The van der Waals surface area contributed by atoms with E-state index >= 15 is 0 Å². The zero-order valence-electron chi connectivity index (χ0n) is 11.3. The molecule has 1 aliphatic heterocycles. The number of amides is 1. The molecule has 1 aromatic carbocycles. The summed E-state index contributed by atoms with van der Waals surface area (Å²) in [4.78, 5) is 11.5. The molecule has 1 heterocycles. The van der Waals surface area contributed by atoms with Crippen LogP contribution in [0.2, 0.25) is 0 Å². The molecule has 0 saturated heterocycles. The molecule has 104 valence electrons. The lowest BCUT2D eigenvalue weighted by Gasteiger charge is -2.19. The van der Waals surface area contributed by atoms with Gasteiger partial charge in [0, 0.05) is 13.7 Å². The van der Waals surface area contributed by atoms with E-state index in [9.17, 15) is 4.79 Å². The number of rotatable bonds is 5. The molecule has 2 rings (SSSR count). The zero-order chi connectivity index (χ0) is 13.7.